The van der Waals surface area contributed by atoms with E-state index in [0.717, 1.165) is 24.0 Å². The van der Waals surface area contributed by atoms with Crippen LogP contribution in [-0.2, 0) is 28.6 Å². The van der Waals surface area contributed by atoms with Crippen LogP contribution in [-0.4, -0.2) is 30.0 Å². The van der Waals surface area contributed by atoms with Gasteiger partial charge in [-0.2, -0.15) is 16.8 Å². The molecule has 2 aliphatic rings. The predicted octanol–water partition coefficient (Wildman–Crippen LogP) is 5.02. The molecule has 4 rings (SSSR count). The summed E-state index contributed by atoms with van der Waals surface area (Å²) >= 11 is 0. The second kappa shape index (κ2) is 9.57. The molecule has 184 valence electrons. The molecule has 2 aromatic rings. The van der Waals surface area contributed by atoms with Crippen molar-refractivity contribution >= 4 is 20.2 Å². The number of rotatable bonds is 8. The first kappa shape index (κ1) is 25.1. The lowest BCUT2D eigenvalue weighted by Crippen LogP contribution is -2.31. The van der Waals surface area contributed by atoms with Gasteiger partial charge in [0, 0.05) is 0 Å². The Labute approximate surface area is 203 Å². The summed E-state index contributed by atoms with van der Waals surface area (Å²) in [5, 5.41) is 0. The van der Waals surface area contributed by atoms with Crippen LogP contribution >= 0.6 is 0 Å². The summed E-state index contributed by atoms with van der Waals surface area (Å²) in [6, 6.07) is 13.1. The summed E-state index contributed by atoms with van der Waals surface area (Å²) < 4.78 is 62.2. The highest BCUT2D eigenvalue weighted by molar-refractivity contribution is 7.87. The zero-order chi connectivity index (χ0) is 24.7. The van der Waals surface area contributed by atoms with Crippen molar-refractivity contribution < 1.29 is 25.2 Å². The molecule has 2 bridgehead atoms. The number of hydrogen-bond acceptors (Lipinski definition) is 6. The Bertz CT molecular complexity index is 1180. The maximum atomic E-state index is 12.8. The Morgan fingerprint density at radius 1 is 0.706 bits per heavy atom. The molecule has 34 heavy (non-hydrogen) atoms. The minimum atomic E-state index is -3.91. The van der Waals surface area contributed by atoms with Crippen LogP contribution in [0.15, 0.2) is 69.5 Å². The summed E-state index contributed by atoms with van der Waals surface area (Å²) in [6.07, 6.45) is 1.90. The first-order valence-corrected chi connectivity index (χ1v) is 14.4. The van der Waals surface area contributed by atoms with E-state index in [4.69, 9.17) is 8.37 Å². The third-order valence-electron chi connectivity index (χ3n) is 7.20. The van der Waals surface area contributed by atoms with Crippen LogP contribution < -0.4 is 0 Å². The first-order chi connectivity index (χ1) is 16.0. The molecule has 8 heteroatoms. The van der Waals surface area contributed by atoms with E-state index >= 15 is 0 Å². The molecule has 2 aliphatic carbocycles. The molecule has 0 N–H and O–H groups in total. The third-order valence-corrected chi connectivity index (χ3v) is 9.79. The average Bonchev–Trinajstić information content (AvgIpc) is 3.34. The number of benzene rings is 2. The van der Waals surface area contributed by atoms with Crippen molar-refractivity contribution in [3.8, 4) is 0 Å². The average molecular weight is 505 g/mol. The van der Waals surface area contributed by atoms with Gasteiger partial charge in [-0.05, 0) is 88.5 Å². The van der Waals surface area contributed by atoms with E-state index in [9.17, 15) is 16.8 Å². The van der Waals surface area contributed by atoms with E-state index in [1.807, 2.05) is 13.8 Å². The molecule has 2 saturated carbocycles. The smallest absolute Gasteiger partial charge is 0.266 e. The van der Waals surface area contributed by atoms with E-state index in [0.29, 0.717) is 0 Å². The summed E-state index contributed by atoms with van der Waals surface area (Å²) in [5.41, 5.74) is 4.45. The van der Waals surface area contributed by atoms with Gasteiger partial charge in [-0.3, -0.25) is 8.37 Å². The monoisotopic (exact) mass is 504 g/mol. The van der Waals surface area contributed by atoms with Crippen LogP contribution in [0.2, 0.25) is 0 Å². The Balaban J connectivity index is 1.53. The molecule has 4 atom stereocenters. The Kier molecular flexibility index (Phi) is 7.06. The summed E-state index contributed by atoms with van der Waals surface area (Å²) in [6.45, 7) is 7.92. The van der Waals surface area contributed by atoms with Crippen molar-refractivity contribution in [3.63, 3.8) is 0 Å². The summed E-state index contributed by atoms with van der Waals surface area (Å²) in [7, 11) is -7.82. The van der Waals surface area contributed by atoms with Gasteiger partial charge in [0.15, 0.2) is 0 Å². The second-order valence-corrected chi connectivity index (χ2v) is 12.9. The molecule has 6 nitrogen and oxygen atoms in total. The molecular weight excluding hydrogens is 472 g/mol. The lowest BCUT2D eigenvalue weighted by molar-refractivity contribution is 0.101. The lowest BCUT2D eigenvalue weighted by Gasteiger charge is -2.29. The SMILES string of the molecule is CC(C)=C1C2CCC1C(COS(=O)(=O)c1ccc(C)cc1)C2COS(=O)(=O)c1ccc(C)cc1. The van der Waals surface area contributed by atoms with Gasteiger partial charge in [0.05, 0.1) is 23.0 Å². The molecule has 0 heterocycles. The van der Waals surface area contributed by atoms with Crippen LogP contribution in [0.1, 0.15) is 37.8 Å². The topological polar surface area (TPSA) is 86.7 Å². The predicted molar refractivity (Wildman–Crippen MR) is 130 cm³/mol. The largest absolute Gasteiger partial charge is 0.296 e. The third kappa shape index (κ3) is 5.00. The zero-order valence-electron chi connectivity index (χ0n) is 20.0. The second-order valence-electron chi connectivity index (χ2n) is 9.68. The first-order valence-electron chi connectivity index (χ1n) is 11.6. The van der Waals surface area contributed by atoms with Gasteiger partial charge >= 0.3 is 0 Å². The highest BCUT2D eigenvalue weighted by Gasteiger charge is 2.52. The number of aryl methyl sites for hydroxylation is 2. The highest BCUT2D eigenvalue weighted by Crippen LogP contribution is 2.57. The number of allylic oxidation sites excluding steroid dienone is 2. The van der Waals surface area contributed by atoms with Crippen molar-refractivity contribution in [2.45, 2.75) is 50.3 Å². The molecule has 0 radical (unpaired) electrons. The Morgan fingerprint density at radius 2 is 1.06 bits per heavy atom. The van der Waals surface area contributed by atoms with Crippen molar-refractivity contribution in [2.24, 2.45) is 23.7 Å². The summed E-state index contributed by atoms with van der Waals surface area (Å²) in [5.74, 6) is 0.104. The standard InChI is InChI=1S/C26H32O6S2/c1-17(2)26-22-13-14-23(26)25(16-32-34(29,30)21-11-7-19(4)8-12-21)24(22)15-31-33(27,28)20-9-5-18(3)6-10-20/h5-12,22-25H,13-16H2,1-4H3. The van der Waals surface area contributed by atoms with Gasteiger partial charge in [0.25, 0.3) is 20.2 Å². The normalized spacial score (nSPS) is 24.5. The van der Waals surface area contributed by atoms with E-state index in [2.05, 4.69) is 13.8 Å². The van der Waals surface area contributed by atoms with Crippen LogP contribution in [0, 0.1) is 37.5 Å². The van der Waals surface area contributed by atoms with Crippen molar-refractivity contribution in [2.75, 3.05) is 13.2 Å². The van der Waals surface area contributed by atoms with Gasteiger partial charge in [-0.1, -0.05) is 46.5 Å². The quantitative estimate of drug-likeness (QED) is 0.370. The lowest BCUT2D eigenvalue weighted by atomic mass is 9.80. The van der Waals surface area contributed by atoms with Gasteiger partial charge in [-0.15, -0.1) is 0 Å². The number of fused-ring (bicyclic) bond motifs is 2. The number of hydrogen-bond donors (Lipinski definition) is 0. The summed E-state index contributed by atoms with van der Waals surface area (Å²) in [4.78, 5) is 0.247. The van der Waals surface area contributed by atoms with Crippen LogP contribution in [0.5, 0.6) is 0 Å². The Hall–Kier alpha value is -2.00. The van der Waals surface area contributed by atoms with Gasteiger partial charge in [0.2, 0.25) is 0 Å². The maximum Gasteiger partial charge on any atom is 0.296 e. The molecule has 4 unspecified atom stereocenters. The molecule has 0 aliphatic heterocycles. The van der Waals surface area contributed by atoms with Crippen molar-refractivity contribution in [3.05, 3.63) is 70.8 Å². The zero-order valence-corrected chi connectivity index (χ0v) is 21.7. The minimum Gasteiger partial charge on any atom is -0.266 e. The van der Waals surface area contributed by atoms with Gasteiger partial charge < -0.3 is 0 Å². The minimum absolute atomic E-state index is 0.00671. The fourth-order valence-electron chi connectivity index (χ4n) is 5.53. The molecule has 0 saturated heterocycles. The molecule has 0 amide bonds. The van der Waals surface area contributed by atoms with Crippen molar-refractivity contribution in [1.29, 1.82) is 0 Å². The van der Waals surface area contributed by atoms with Crippen LogP contribution in [0.4, 0.5) is 0 Å². The van der Waals surface area contributed by atoms with Crippen LogP contribution in [0.25, 0.3) is 0 Å². The van der Waals surface area contributed by atoms with Gasteiger partial charge in [0.1, 0.15) is 0 Å². The van der Waals surface area contributed by atoms with Crippen molar-refractivity contribution in [1.82, 2.24) is 0 Å². The Morgan fingerprint density at radius 3 is 1.38 bits per heavy atom. The molecule has 2 aromatic carbocycles. The highest BCUT2D eigenvalue weighted by atomic mass is 32.2. The van der Waals surface area contributed by atoms with Crippen LogP contribution in [0.3, 0.4) is 0 Å². The maximum absolute atomic E-state index is 12.8. The molecule has 0 aromatic heterocycles. The fourth-order valence-corrected chi connectivity index (χ4v) is 7.42. The van der Waals surface area contributed by atoms with Gasteiger partial charge in [-0.25, -0.2) is 0 Å². The molecule has 0 spiro atoms. The van der Waals surface area contributed by atoms with E-state index in [1.54, 1.807) is 48.5 Å². The van der Waals surface area contributed by atoms with E-state index in [-0.39, 0.29) is 46.7 Å². The van der Waals surface area contributed by atoms with E-state index in [1.165, 1.54) is 11.1 Å². The fraction of sp³-hybridized carbons (Fsp3) is 0.462. The molecule has 2 fully saturated rings. The van der Waals surface area contributed by atoms with E-state index < -0.39 is 20.2 Å². The molecular formula is C26H32O6S2.